The summed E-state index contributed by atoms with van der Waals surface area (Å²) in [5.41, 5.74) is 0.194. The SMILES string of the molecule is CCOc1cc(/C=C/C(=O)O)cc2c1OC(C)(C)C(=O)N2C. The Morgan fingerprint density at radius 3 is 2.73 bits per heavy atom. The molecule has 0 spiro atoms. The van der Waals surface area contributed by atoms with Crippen molar-refractivity contribution in [3.63, 3.8) is 0 Å². The summed E-state index contributed by atoms with van der Waals surface area (Å²) in [6.07, 6.45) is 2.48. The van der Waals surface area contributed by atoms with Gasteiger partial charge in [0.2, 0.25) is 0 Å². The van der Waals surface area contributed by atoms with Gasteiger partial charge in [0, 0.05) is 13.1 Å². The van der Waals surface area contributed by atoms with E-state index < -0.39 is 11.6 Å². The van der Waals surface area contributed by atoms with E-state index in [4.69, 9.17) is 14.6 Å². The summed E-state index contributed by atoms with van der Waals surface area (Å²) in [7, 11) is 1.66. The summed E-state index contributed by atoms with van der Waals surface area (Å²) in [6.45, 7) is 5.67. The summed E-state index contributed by atoms with van der Waals surface area (Å²) in [6, 6.07) is 3.39. The summed E-state index contributed by atoms with van der Waals surface area (Å²) in [5.74, 6) is -0.252. The molecule has 0 saturated heterocycles. The van der Waals surface area contributed by atoms with Crippen LogP contribution in [0.1, 0.15) is 26.3 Å². The summed E-state index contributed by atoms with van der Waals surface area (Å²) in [4.78, 5) is 24.5. The zero-order valence-electron chi connectivity index (χ0n) is 13.0. The van der Waals surface area contributed by atoms with Crippen LogP contribution >= 0.6 is 0 Å². The third-order valence-electron chi connectivity index (χ3n) is 3.31. The van der Waals surface area contributed by atoms with Crippen LogP contribution in [-0.2, 0) is 9.59 Å². The molecule has 6 nitrogen and oxygen atoms in total. The quantitative estimate of drug-likeness (QED) is 0.864. The number of nitrogens with zero attached hydrogens (tertiary/aromatic N) is 1. The van der Waals surface area contributed by atoms with E-state index in [1.165, 1.54) is 11.0 Å². The van der Waals surface area contributed by atoms with Gasteiger partial charge in [0.25, 0.3) is 5.91 Å². The van der Waals surface area contributed by atoms with Crippen molar-refractivity contribution in [1.29, 1.82) is 0 Å². The van der Waals surface area contributed by atoms with Gasteiger partial charge in [-0.25, -0.2) is 4.79 Å². The van der Waals surface area contributed by atoms with E-state index in [0.29, 0.717) is 29.4 Å². The highest BCUT2D eigenvalue weighted by Crippen LogP contribution is 2.45. The van der Waals surface area contributed by atoms with E-state index in [2.05, 4.69) is 0 Å². The Labute approximate surface area is 128 Å². The van der Waals surface area contributed by atoms with Crippen molar-refractivity contribution < 1.29 is 24.2 Å². The number of carboxylic acids is 1. The normalized spacial score (nSPS) is 16.4. The van der Waals surface area contributed by atoms with Gasteiger partial charge in [-0.3, -0.25) is 4.79 Å². The molecular weight excluding hydrogens is 286 g/mol. The molecular formula is C16H19NO5. The van der Waals surface area contributed by atoms with Gasteiger partial charge in [0.15, 0.2) is 17.1 Å². The van der Waals surface area contributed by atoms with Crippen LogP contribution in [0.25, 0.3) is 6.08 Å². The number of ether oxygens (including phenoxy) is 2. The van der Waals surface area contributed by atoms with Crippen LogP contribution in [0.15, 0.2) is 18.2 Å². The molecule has 0 bridgehead atoms. The lowest BCUT2D eigenvalue weighted by Crippen LogP contribution is -2.51. The maximum absolute atomic E-state index is 12.3. The van der Waals surface area contributed by atoms with E-state index in [9.17, 15) is 9.59 Å². The third kappa shape index (κ3) is 2.90. The molecule has 1 amide bonds. The highest BCUT2D eigenvalue weighted by atomic mass is 16.5. The summed E-state index contributed by atoms with van der Waals surface area (Å²) < 4.78 is 11.4. The van der Waals surface area contributed by atoms with Crippen LogP contribution in [0.5, 0.6) is 11.5 Å². The smallest absolute Gasteiger partial charge is 0.328 e. The maximum Gasteiger partial charge on any atom is 0.328 e. The molecule has 1 aromatic rings. The first-order valence-electron chi connectivity index (χ1n) is 6.95. The van der Waals surface area contributed by atoms with Crippen LogP contribution in [-0.4, -0.2) is 36.2 Å². The second-order valence-electron chi connectivity index (χ2n) is 5.45. The van der Waals surface area contributed by atoms with Gasteiger partial charge in [-0.15, -0.1) is 0 Å². The van der Waals surface area contributed by atoms with Crippen molar-refractivity contribution in [3.05, 3.63) is 23.8 Å². The van der Waals surface area contributed by atoms with Gasteiger partial charge in [0.1, 0.15) is 0 Å². The fourth-order valence-electron chi connectivity index (χ4n) is 2.30. The Bertz CT molecular complexity index is 648. The predicted octanol–water partition coefficient (Wildman–Crippen LogP) is 2.32. The van der Waals surface area contributed by atoms with Gasteiger partial charge >= 0.3 is 5.97 Å². The Morgan fingerprint density at radius 2 is 2.14 bits per heavy atom. The Kier molecular flexibility index (Phi) is 4.12. The lowest BCUT2D eigenvalue weighted by atomic mass is 10.0. The summed E-state index contributed by atoms with van der Waals surface area (Å²) in [5, 5.41) is 8.74. The number of rotatable bonds is 4. The van der Waals surface area contributed by atoms with Crippen LogP contribution < -0.4 is 14.4 Å². The molecule has 0 fully saturated rings. The first-order valence-corrected chi connectivity index (χ1v) is 6.95. The van der Waals surface area contributed by atoms with Crippen molar-refractivity contribution in [2.75, 3.05) is 18.6 Å². The van der Waals surface area contributed by atoms with Crippen LogP contribution in [0.2, 0.25) is 0 Å². The minimum atomic E-state index is -1.04. The molecule has 0 aliphatic carbocycles. The Morgan fingerprint density at radius 1 is 1.45 bits per heavy atom. The lowest BCUT2D eigenvalue weighted by Gasteiger charge is -2.37. The number of hydrogen-bond donors (Lipinski definition) is 1. The van der Waals surface area contributed by atoms with Crippen molar-refractivity contribution in [2.45, 2.75) is 26.4 Å². The first-order chi connectivity index (χ1) is 10.3. The van der Waals surface area contributed by atoms with E-state index >= 15 is 0 Å². The van der Waals surface area contributed by atoms with Crippen LogP contribution in [0.3, 0.4) is 0 Å². The molecule has 0 saturated carbocycles. The number of carbonyl (C=O) groups excluding carboxylic acids is 1. The molecule has 2 rings (SSSR count). The number of amides is 1. The van der Waals surface area contributed by atoms with Crippen molar-refractivity contribution in [2.24, 2.45) is 0 Å². The number of aliphatic carboxylic acids is 1. The largest absolute Gasteiger partial charge is 0.490 e. The van der Waals surface area contributed by atoms with Gasteiger partial charge in [-0.1, -0.05) is 0 Å². The minimum Gasteiger partial charge on any atom is -0.490 e. The molecule has 1 N–H and O–H groups in total. The first kappa shape index (κ1) is 15.9. The van der Waals surface area contributed by atoms with Crippen LogP contribution in [0, 0.1) is 0 Å². The monoisotopic (exact) mass is 305 g/mol. The zero-order valence-corrected chi connectivity index (χ0v) is 13.0. The molecule has 0 unspecified atom stereocenters. The van der Waals surface area contributed by atoms with E-state index in [-0.39, 0.29) is 5.91 Å². The fourth-order valence-corrected chi connectivity index (χ4v) is 2.30. The third-order valence-corrected chi connectivity index (χ3v) is 3.31. The average Bonchev–Trinajstić information content (AvgIpc) is 2.44. The predicted molar refractivity (Wildman–Crippen MR) is 82.4 cm³/mol. The molecule has 1 aromatic carbocycles. The summed E-state index contributed by atoms with van der Waals surface area (Å²) >= 11 is 0. The molecule has 1 aliphatic heterocycles. The molecule has 1 aliphatic rings. The van der Waals surface area contributed by atoms with Gasteiger partial charge in [0.05, 0.1) is 12.3 Å². The van der Waals surface area contributed by atoms with Gasteiger partial charge < -0.3 is 19.5 Å². The maximum atomic E-state index is 12.3. The molecule has 118 valence electrons. The van der Waals surface area contributed by atoms with Crippen molar-refractivity contribution >= 4 is 23.6 Å². The van der Waals surface area contributed by atoms with Crippen LogP contribution in [0.4, 0.5) is 5.69 Å². The number of carboxylic acid groups (broad SMARTS) is 1. The van der Waals surface area contributed by atoms with E-state index in [1.54, 1.807) is 33.0 Å². The number of likely N-dealkylation sites (N-methyl/N-ethyl adjacent to an activating group) is 1. The molecule has 0 atom stereocenters. The standard InChI is InChI=1S/C16H19NO5/c1-5-21-12-9-10(6-7-13(18)19)8-11-14(12)22-16(2,3)15(20)17(11)4/h6-9H,5H2,1-4H3,(H,18,19)/b7-6+. The lowest BCUT2D eigenvalue weighted by molar-refractivity contribution is -0.132. The highest BCUT2D eigenvalue weighted by molar-refractivity contribution is 6.03. The second kappa shape index (κ2) is 5.71. The average molecular weight is 305 g/mol. The number of carbonyl (C=O) groups is 2. The Balaban J connectivity index is 2.57. The van der Waals surface area contributed by atoms with Crippen molar-refractivity contribution in [1.82, 2.24) is 0 Å². The topological polar surface area (TPSA) is 76.1 Å². The van der Waals surface area contributed by atoms with Gasteiger partial charge in [-0.2, -0.15) is 0 Å². The second-order valence-corrected chi connectivity index (χ2v) is 5.45. The zero-order chi connectivity index (χ0) is 16.5. The molecule has 22 heavy (non-hydrogen) atoms. The number of fused-ring (bicyclic) bond motifs is 1. The minimum absolute atomic E-state index is 0.179. The molecule has 6 heteroatoms. The number of anilines is 1. The van der Waals surface area contributed by atoms with E-state index in [0.717, 1.165) is 6.08 Å². The Hall–Kier alpha value is -2.50. The number of benzene rings is 1. The van der Waals surface area contributed by atoms with Gasteiger partial charge in [-0.05, 0) is 44.5 Å². The molecule has 0 aromatic heterocycles. The number of hydrogen-bond acceptors (Lipinski definition) is 4. The van der Waals surface area contributed by atoms with Crippen molar-refractivity contribution in [3.8, 4) is 11.5 Å². The fraction of sp³-hybridized carbons (Fsp3) is 0.375. The van der Waals surface area contributed by atoms with E-state index in [1.807, 2.05) is 6.92 Å². The highest BCUT2D eigenvalue weighted by Gasteiger charge is 2.40. The molecule has 1 heterocycles. The molecule has 0 radical (unpaired) electrons.